The average molecular weight is 381 g/mol. The van der Waals surface area contributed by atoms with E-state index in [1.54, 1.807) is 31.4 Å². The van der Waals surface area contributed by atoms with Crippen LogP contribution < -0.4 is 14.2 Å². The number of esters is 1. The number of aliphatic imine (C=N–C) groups is 1. The van der Waals surface area contributed by atoms with Gasteiger partial charge < -0.3 is 18.9 Å². The van der Waals surface area contributed by atoms with E-state index in [1.807, 2.05) is 45.0 Å². The van der Waals surface area contributed by atoms with Crippen LogP contribution in [0.1, 0.15) is 31.9 Å². The molecule has 1 heterocycles. The number of benzene rings is 2. The monoisotopic (exact) mass is 381 g/mol. The van der Waals surface area contributed by atoms with E-state index in [0.29, 0.717) is 29.4 Å². The summed E-state index contributed by atoms with van der Waals surface area (Å²) in [6, 6.07) is 12.8. The second-order valence-corrected chi connectivity index (χ2v) is 6.34. The molecule has 0 spiro atoms. The van der Waals surface area contributed by atoms with Crippen molar-refractivity contribution in [1.29, 1.82) is 0 Å². The van der Waals surface area contributed by atoms with Crippen LogP contribution in [0, 0.1) is 0 Å². The number of ether oxygens (including phenoxy) is 4. The highest BCUT2D eigenvalue weighted by atomic mass is 16.6. The van der Waals surface area contributed by atoms with E-state index in [2.05, 4.69) is 4.99 Å². The lowest BCUT2D eigenvalue weighted by atomic mass is 10.1. The first kappa shape index (κ1) is 19.5. The SMILES string of the molecule is CCOc1ccccc1C1=N/C(=C\c2ccc(OC(C)C)c(OC)c2)C(=O)O1. The van der Waals surface area contributed by atoms with Crippen molar-refractivity contribution in [3.05, 3.63) is 59.3 Å². The number of methoxy groups -OCH3 is 1. The third-order valence-corrected chi connectivity index (χ3v) is 3.89. The molecule has 146 valence electrons. The zero-order valence-corrected chi connectivity index (χ0v) is 16.4. The molecule has 2 aromatic carbocycles. The summed E-state index contributed by atoms with van der Waals surface area (Å²) in [5.74, 6) is 1.56. The Bertz CT molecular complexity index is 930. The highest BCUT2D eigenvalue weighted by Crippen LogP contribution is 2.31. The molecule has 3 rings (SSSR count). The fourth-order valence-corrected chi connectivity index (χ4v) is 2.73. The van der Waals surface area contributed by atoms with Gasteiger partial charge in [0.2, 0.25) is 5.90 Å². The standard InChI is InChI=1S/C22H23NO5/c1-5-26-18-9-7-6-8-16(18)21-23-17(22(24)28-21)12-15-10-11-19(27-14(2)3)20(13-15)25-4/h6-14H,5H2,1-4H3/b17-12-. The maximum absolute atomic E-state index is 12.3. The number of carbonyl (C=O) groups is 1. The van der Waals surface area contributed by atoms with Crippen molar-refractivity contribution in [2.24, 2.45) is 4.99 Å². The lowest BCUT2D eigenvalue weighted by Crippen LogP contribution is -2.08. The first-order valence-electron chi connectivity index (χ1n) is 9.11. The molecule has 2 aromatic rings. The van der Waals surface area contributed by atoms with Crippen molar-refractivity contribution >= 4 is 17.9 Å². The predicted molar refractivity (Wildman–Crippen MR) is 107 cm³/mol. The molecule has 0 atom stereocenters. The van der Waals surface area contributed by atoms with Crippen molar-refractivity contribution in [2.45, 2.75) is 26.9 Å². The van der Waals surface area contributed by atoms with Gasteiger partial charge in [-0.05, 0) is 56.7 Å². The zero-order valence-electron chi connectivity index (χ0n) is 16.4. The van der Waals surface area contributed by atoms with E-state index in [4.69, 9.17) is 18.9 Å². The predicted octanol–water partition coefficient (Wildman–Crippen LogP) is 4.23. The molecule has 6 heteroatoms. The van der Waals surface area contributed by atoms with E-state index in [9.17, 15) is 4.79 Å². The van der Waals surface area contributed by atoms with Crippen molar-refractivity contribution in [3.63, 3.8) is 0 Å². The van der Waals surface area contributed by atoms with Gasteiger partial charge in [-0.3, -0.25) is 0 Å². The van der Waals surface area contributed by atoms with Crippen molar-refractivity contribution in [1.82, 2.24) is 0 Å². The van der Waals surface area contributed by atoms with Gasteiger partial charge in [-0.25, -0.2) is 9.79 Å². The average Bonchev–Trinajstić information content (AvgIpc) is 3.03. The first-order valence-corrected chi connectivity index (χ1v) is 9.11. The Morgan fingerprint density at radius 1 is 1.11 bits per heavy atom. The molecule has 0 unspecified atom stereocenters. The minimum absolute atomic E-state index is 0.0282. The number of carbonyl (C=O) groups excluding carboxylic acids is 1. The molecule has 0 amide bonds. The minimum Gasteiger partial charge on any atom is -0.493 e. The van der Waals surface area contributed by atoms with Crippen molar-refractivity contribution in [3.8, 4) is 17.2 Å². The summed E-state index contributed by atoms with van der Waals surface area (Å²) >= 11 is 0. The molecule has 28 heavy (non-hydrogen) atoms. The third kappa shape index (κ3) is 4.34. The van der Waals surface area contributed by atoms with E-state index in [1.165, 1.54) is 0 Å². The van der Waals surface area contributed by atoms with Gasteiger partial charge in [0.25, 0.3) is 0 Å². The van der Waals surface area contributed by atoms with E-state index in [-0.39, 0.29) is 17.7 Å². The van der Waals surface area contributed by atoms with Gasteiger partial charge in [-0.2, -0.15) is 0 Å². The first-order chi connectivity index (χ1) is 13.5. The highest BCUT2D eigenvalue weighted by Gasteiger charge is 2.26. The van der Waals surface area contributed by atoms with E-state index in [0.717, 1.165) is 5.56 Å². The second kappa shape index (κ2) is 8.61. The molecule has 0 bridgehead atoms. The van der Waals surface area contributed by atoms with Gasteiger partial charge in [0.05, 0.1) is 25.4 Å². The van der Waals surface area contributed by atoms with Crippen LogP contribution in [0.15, 0.2) is 53.2 Å². The van der Waals surface area contributed by atoms with Crippen LogP contribution in [0.5, 0.6) is 17.2 Å². The van der Waals surface area contributed by atoms with Gasteiger partial charge in [-0.1, -0.05) is 18.2 Å². The van der Waals surface area contributed by atoms with Gasteiger partial charge in [0.15, 0.2) is 17.2 Å². The fraction of sp³-hybridized carbons (Fsp3) is 0.273. The summed E-state index contributed by atoms with van der Waals surface area (Å²) in [6.45, 7) is 6.29. The number of rotatable bonds is 7. The van der Waals surface area contributed by atoms with Crippen molar-refractivity contribution in [2.75, 3.05) is 13.7 Å². The van der Waals surface area contributed by atoms with Crippen molar-refractivity contribution < 1.29 is 23.7 Å². The lowest BCUT2D eigenvalue weighted by Gasteiger charge is -2.13. The summed E-state index contributed by atoms with van der Waals surface area (Å²) in [7, 11) is 1.57. The number of para-hydroxylation sites is 1. The van der Waals surface area contributed by atoms with Crippen LogP contribution in [0.25, 0.3) is 6.08 Å². The zero-order chi connectivity index (χ0) is 20.1. The third-order valence-electron chi connectivity index (χ3n) is 3.89. The quantitative estimate of drug-likeness (QED) is 0.530. The summed E-state index contributed by atoms with van der Waals surface area (Å²) in [6.07, 6.45) is 1.68. The molecule has 0 saturated carbocycles. The fourth-order valence-electron chi connectivity index (χ4n) is 2.73. The minimum atomic E-state index is -0.511. The highest BCUT2D eigenvalue weighted by molar-refractivity contribution is 6.13. The topological polar surface area (TPSA) is 66.3 Å². The Balaban J connectivity index is 1.92. The maximum Gasteiger partial charge on any atom is 0.363 e. The number of cyclic esters (lactones) is 1. The Hall–Kier alpha value is -3.28. The Labute approximate surface area is 164 Å². The van der Waals surface area contributed by atoms with Crippen LogP contribution >= 0.6 is 0 Å². The molecule has 0 N–H and O–H groups in total. The molecule has 6 nitrogen and oxygen atoms in total. The number of hydrogen-bond acceptors (Lipinski definition) is 6. The molecule has 0 aromatic heterocycles. The van der Waals surface area contributed by atoms with Crippen LogP contribution in [0.4, 0.5) is 0 Å². The molecule has 0 fully saturated rings. The lowest BCUT2D eigenvalue weighted by molar-refractivity contribution is -0.129. The Morgan fingerprint density at radius 3 is 2.61 bits per heavy atom. The summed E-state index contributed by atoms with van der Waals surface area (Å²) in [5, 5.41) is 0. The molecule has 1 aliphatic rings. The largest absolute Gasteiger partial charge is 0.493 e. The van der Waals surface area contributed by atoms with E-state index < -0.39 is 5.97 Å². The molecule has 1 aliphatic heterocycles. The normalized spacial score (nSPS) is 14.8. The molecule has 0 aliphatic carbocycles. The Morgan fingerprint density at radius 2 is 1.89 bits per heavy atom. The van der Waals surface area contributed by atoms with Crippen LogP contribution in [0.2, 0.25) is 0 Å². The summed E-state index contributed by atoms with van der Waals surface area (Å²) in [4.78, 5) is 16.7. The maximum atomic E-state index is 12.3. The molecule has 0 saturated heterocycles. The summed E-state index contributed by atoms with van der Waals surface area (Å²) < 4.78 is 22.1. The summed E-state index contributed by atoms with van der Waals surface area (Å²) in [5.41, 5.74) is 1.60. The van der Waals surface area contributed by atoms with Crippen LogP contribution in [-0.2, 0) is 9.53 Å². The van der Waals surface area contributed by atoms with Gasteiger partial charge in [0, 0.05) is 0 Å². The van der Waals surface area contributed by atoms with Gasteiger partial charge in [-0.15, -0.1) is 0 Å². The smallest absolute Gasteiger partial charge is 0.363 e. The number of nitrogens with zero attached hydrogens (tertiary/aromatic N) is 1. The molecular formula is C22H23NO5. The Kier molecular flexibility index (Phi) is 5.99. The number of hydrogen-bond donors (Lipinski definition) is 0. The van der Waals surface area contributed by atoms with Gasteiger partial charge >= 0.3 is 5.97 Å². The van der Waals surface area contributed by atoms with Crippen LogP contribution in [0.3, 0.4) is 0 Å². The molecule has 0 radical (unpaired) electrons. The van der Waals surface area contributed by atoms with E-state index >= 15 is 0 Å². The van der Waals surface area contributed by atoms with Crippen LogP contribution in [-0.4, -0.2) is 31.7 Å². The molecular weight excluding hydrogens is 358 g/mol. The van der Waals surface area contributed by atoms with Gasteiger partial charge in [0.1, 0.15) is 5.75 Å². The second-order valence-electron chi connectivity index (χ2n) is 6.34.